The number of amides is 1. The van der Waals surface area contributed by atoms with E-state index in [4.69, 9.17) is 0 Å². The number of likely N-dealkylation sites (tertiary alicyclic amines) is 1. The zero-order chi connectivity index (χ0) is 21.4. The Bertz CT molecular complexity index is 1010. The van der Waals surface area contributed by atoms with E-state index in [9.17, 15) is 4.79 Å². The number of anilines is 1. The van der Waals surface area contributed by atoms with Crippen LogP contribution in [-0.4, -0.2) is 49.5 Å². The van der Waals surface area contributed by atoms with Crippen molar-refractivity contribution in [1.29, 1.82) is 0 Å². The summed E-state index contributed by atoms with van der Waals surface area (Å²) in [6, 6.07) is 17.8. The largest absolute Gasteiger partial charge is 0.353 e. The van der Waals surface area contributed by atoms with Crippen LogP contribution >= 0.6 is 24.0 Å². The van der Waals surface area contributed by atoms with Gasteiger partial charge >= 0.3 is 0 Å². The average molecular weight is 544 g/mol. The number of hydrogen-bond donors (Lipinski definition) is 1. The third kappa shape index (κ3) is 4.51. The van der Waals surface area contributed by atoms with Crippen molar-refractivity contribution in [2.75, 3.05) is 31.6 Å². The van der Waals surface area contributed by atoms with E-state index in [1.54, 1.807) is 0 Å². The topological polar surface area (TPSA) is 47.9 Å². The van der Waals surface area contributed by atoms with Crippen molar-refractivity contribution in [1.82, 2.24) is 10.2 Å². The smallest absolute Gasteiger partial charge is 0.222 e. The Hall–Kier alpha value is -2.09. The van der Waals surface area contributed by atoms with Crippen molar-refractivity contribution in [2.24, 2.45) is 4.99 Å². The van der Waals surface area contributed by atoms with Crippen LogP contribution in [0.4, 0.5) is 5.69 Å². The number of carbonyl (C=O) groups is 1. The fourth-order valence-electron chi connectivity index (χ4n) is 5.33. The first-order valence-corrected chi connectivity index (χ1v) is 11.6. The molecule has 1 saturated heterocycles. The summed E-state index contributed by atoms with van der Waals surface area (Å²) in [5.41, 5.74) is 5.45. The molecule has 1 aliphatic carbocycles. The standard InChI is InChI=1S/C26H32N4O.HI/c1-18-8-3-4-9-20(18)22-16-23(22)28-26(27-2)30-17-19(21-10-5-6-11-24(21)30)13-15-29-14-7-12-25(29)31;/h3-6,8-11,19,22-23H,7,12-17H2,1-2H3,(H,27,28);1H. The van der Waals surface area contributed by atoms with Gasteiger partial charge in [-0.05, 0) is 48.9 Å². The minimum Gasteiger partial charge on any atom is -0.353 e. The summed E-state index contributed by atoms with van der Waals surface area (Å²) in [6.45, 7) is 4.90. The number of aliphatic imine (C=N–C) groups is 1. The first-order chi connectivity index (χ1) is 15.2. The van der Waals surface area contributed by atoms with E-state index in [2.05, 4.69) is 70.7 Å². The Kier molecular flexibility index (Phi) is 7.08. The Morgan fingerprint density at radius 1 is 1.12 bits per heavy atom. The molecule has 6 heteroatoms. The monoisotopic (exact) mass is 544 g/mol. The SMILES string of the molecule is CN=C(NC1CC1c1ccccc1C)N1CC(CCN2CCCC2=O)c2ccccc21.I. The van der Waals surface area contributed by atoms with Gasteiger partial charge in [-0.2, -0.15) is 0 Å². The van der Waals surface area contributed by atoms with E-state index in [1.807, 2.05) is 11.9 Å². The lowest BCUT2D eigenvalue weighted by atomic mass is 9.98. The molecular weight excluding hydrogens is 511 g/mol. The molecule has 170 valence electrons. The van der Waals surface area contributed by atoms with Crippen LogP contribution in [-0.2, 0) is 4.79 Å². The fourth-order valence-corrected chi connectivity index (χ4v) is 5.33. The van der Waals surface area contributed by atoms with Gasteiger partial charge in [-0.15, -0.1) is 24.0 Å². The highest BCUT2D eigenvalue weighted by molar-refractivity contribution is 14.0. The minimum atomic E-state index is 0. The van der Waals surface area contributed by atoms with Crippen molar-refractivity contribution >= 4 is 41.5 Å². The zero-order valence-electron chi connectivity index (χ0n) is 19.0. The predicted molar refractivity (Wildman–Crippen MR) is 141 cm³/mol. The average Bonchev–Trinajstić information content (AvgIpc) is 3.27. The molecule has 2 fully saturated rings. The van der Waals surface area contributed by atoms with E-state index in [0.29, 0.717) is 30.2 Å². The number of rotatable bonds is 5. The maximum atomic E-state index is 12.0. The van der Waals surface area contributed by atoms with E-state index in [0.717, 1.165) is 44.9 Å². The second kappa shape index (κ2) is 9.81. The molecule has 5 nitrogen and oxygen atoms in total. The van der Waals surface area contributed by atoms with Crippen molar-refractivity contribution in [3.05, 3.63) is 65.2 Å². The number of nitrogens with zero attached hydrogens (tertiary/aromatic N) is 3. The van der Waals surface area contributed by atoms with E-state index in [1.165, 1.54) is 22.4 Å². The van der Waals surface area contributed by atoms with Crippen LogP contribution in [0.1, 0.15) is 54.2 Å². The Labute approximate surface area is 208 Å². The van der Waals surface area contributed by atoms with Crippen LogP contribution in [0.3, 0.4) is 0 Å². The lowest BCUT2D eigenvalue weighted by molar-refractivity contribution is -0.127. The van der Waals surface area contributed by atoms with Crippen molar-refractivity contribution < 1.29 is 4.79 Å². The summed E-state index contributed by atoms with van der Waals surface area (Å²) < 4.78 is 0. The lowest BCUT2D eigenvalue weighted by Crippen LogP contribution is -2.42. The van der Waals surface area contributed by atoms with E-state index in [-0.39, 0.29) is 24.0 Å². The number of hydrogen-bond acceptors (Lipinski definition) is 2. The van der Waals surface area contributed by atoms with E-state index >= 15 is 0 Å². The molecule has 3 atom stereocenters. The first-order valence-electron chi connectivity index (χ1n) is 11.6. The maximum absolute atomic E-state index is 12.0. The number of aryl methyl sites for hydroxylation is 1. The van der Waals surface area contributed by atoms with Crippen LogP contribution in [0.25, 0.3) is 0 Å². The minimum absolute atomic E-state index is 0. The van der Waals surface area contributed by atoms with Gasteiger partial charge in [-0.1, -0.05) is 42.5 Å². The van der Waals surface area contributed by atoms with Gasteiger partial charge in [0.1, 0.15) is 0 Å². The summed E-state index contributed by atoms with van der Waals surface area (Å²) >= 11 is 0. The molecule has 1 N–H and O–H groups in total. The predicted octanol–water partition coefficient (Wildman–Crippen LogP) is 4.66. The molecule has 0 aromatic heterocycles. The van der Waals surface area contributed by atoms with Gasteiger partial charge in [-0.3, -0.25) is 9.79 Å². The summed E-state index contributed by atoms with van der Waals surface area (Å²) in [6.07, 6.45) is 3.88. The molecule has 2 aromatic carbocycles. The summed E-state index contributed by atoms with van der Waals surface area (Å²) in [5.74, 6) is 2.27. The lowest BCUT2D eigenvalue weighted by Gasteiger charge is -2.23. The van der Waals surface area contributed by atoms with Crippen LogP contribution in [0.2, 0.25) is 0 Å². The number of guanidine groups is 1. The second-order valence-corrected chi connectivity index (χ2v) is 9.14. The Balaban J connectivity index is 0.00000245. The molecule has 3 aliphatic rings. The molecule has 2 aromatic rings. The number of benzene rings is 2. The second-order valence-electron chi connectivity index (χ2n) is 9.14. The molecule has 2 aliphatic heterocycles. The molecule has 1 amide bonds. The molecule has 1 saturated carbocycles. The third-order valence-electron chi connectivity index (χ3n) is 7.15. The fraction of sp³-hybridized carbons (Fsp3) is 0.462. The highest BCUT2D eigenvalue weighted by atomic mass is 127. The van der Waals surface area contributed by atoms with Gasteiger partial charge < -0.3 is 15.1 Å². The number of halogens is 1. The molecule has 3 unspecified atom stereocenters. The van der Waals surface area contributed by atoms with Crippen LogP contribution in [0.5, 0.6) is 0 Å². The normalized spacial score (nSPS) is 24.4. The van der Waals surface area contributed by atoms with Crippen molar-refractivity contribution in [3.8, 4) is 0 Å². The zero-order valence-corrected chi connectivity index (χ0v) is 21.3. The van der Waals surface area contributed by atoms with Gasteiger partial charge in [0.05, 0.1) is 0 Å². The number of para-hydroxylation sites is 1. The third-order valence-corrected chi connectivity index (χ3v) is 7.15. The van der Waals surface area contributed by atoms with Crippen LogP contribution < -0.4 is 10.2 Å². The molecule has 2 heterocycles. The van der Waals surface area contributed by atoms with E-state index < -0.39 is 0 Å². The molecule has 32 heavy (non-hydrogen) atoms. The molecule has 0 spiro atoms. The number of carbonyl (C=O) groups excluding carboxylic acids is 1. The Morgan fingerprint density at radius 3 is 2.59 bits per heavy atom. The molecular formula is C26H33IN4O. The first kappa shape index (κ1) is 23.1. The van der Waals surface area contributed by atoms with Gasteiger partial charge in [0, 0.05) is 56.7 Å². The molecule has 0 radical (unpaired) electrons. The highest BCUT2D eigenvalue weighted by Crippen LogP contribution is 2.43. The summed E-state index contributed by atoms with van der Waals surface area (Å²) in [7, 11) is 1.88. The van der Waals surface area contributed by atoms with Crippen LogP contribution in [0, 0.1) is 6.92 Å². The van der Waals surface area contributed by atoms with Gasteiger partial charge in [0.15, 0.2) is 5.96 Å². The molecule has 0 bridgehead atoms. The number of nitrogens with one attached hydrogen (secondary N) is 1. The maximum Gasteiger partial charge on any atom is 0.222 e. The summed E-state index contributed by atoms with van der Waals surface area (Å²) in [5, 5.41) is 3.74. The number of fused-ring (bicyclic) bond motifs is 1. The van der Waals surface area contributed by atoms with Gasteiger partial charge in [0.2, 0.25) is 5.91 Å². The Morgan fingerprint density at radius 2 is 1.88 bits per heavy atom. The summed E-state index contributed by atoms with van der Waals surface area (Å²) in [4.78, 5) is 21.1. The van der Waals surface area contributed by atoms with Crippen molar-refractivity contribution in [2.45, 2.75) is 50.5 Å². The highest BCUT2D eigenvalue weighted by Gasteiger charge is 2.41. The quantitative estimate of drug-likeness (QED) is 0.339. The molecule has 5 rings (SSSR count). The van der Waals surface area contributed by atoms with Gasteiger partial charge in [0.25, 0.3) is 0 Å². The van der Waals surface area contributed by atoms with Crippen molar-refractivity contribution in [3.63, 3.8) is 0 Å². The van der Waals surface area contributed by atoms with Gasteiger partial charge in [-0.25, -0.2) is 0 Å². The van der Waals surface area contributed by atoms with Crippen LogP contribution in [0.15, 0.2) is 53.5 Å².